The maximum Gasteiger partial charge on any atom is 0.411 e. The lowest BCUT2D eigenvalue weighted by molar-refractivity contribution is 0.135. The van der Waals surface area contributed by atoms with Crippen molar-refractivity contribution in [1.82, 2.24) is 15.0 Å². The highest BCUT2D eigenvalue weighted by molar-refractivity contribution is 7.92. The number of hydrogen-bond acceptors (Lipinski definition) is 12. The van der Waals surface area contributed by atoms with Gasteiger partial charge in [0, 0.05) is 30.2 Å². The highest BCUT2D eigenvalue weighted by Crippen LogP contribution is 2.41. The van der Waals surface area contributed by atoms with Crippen molar-refractivity contribution in [3.63, 3.8) is 0 Å². The van der Waals surface area contributed by atoms with Crippen LogP contribution in [0.25, 0.3) is 0 Å². The van der Waals surface area contributed by atoms with E-state index in [-0.39, 0.29) is 58.9 Å². The molecule has 42 heavy (non-hydrogen) atoms. The first-order valence-electron chi connectivity index (χ1n) is 12.1. The van der Waals surface area contributed by atoms with Gasteiger partial charge in [-0.15, -0.1) is 0 Å². The summed E-state index contributed by atoms with van der Waals surface area (Å²) in [6.07, 6.45) is 3.39. The maximum absolute atomic E-state index is 13.3. The van der Waals surface area contributed by atoms with E-state index < -0.39 is 16.1 Å². The van der Waals surface area contributed by atoms with Crippen LogP contribution in [0.5, 0.6) is 34.6 Å². The SMILES string of the molecule is COc1ccc(Cl)c(Oc2c(NS(=O)(=O)c3ccc4c(c3)OCO4)ncnc2OCCOC(=O)Nc2ccncc2)c1. The molecular weight excluding hydrogens is 594 g/mol. The van der Waals surface area contributed by atoms with Crippen molar-refractivity contribution >= 4 is 39.2 Å². The van der Waals surface area contributed by atoms with Gasteiger partial charge in [-0.05, 0) is 36.4 Å². The van der Waals surface area contributed by atoms with Crippen LogP contribution in [0.1, 0.15) is 0 Å². The second-order valence-electron chi connectivity index (χ2n) is 8.22. The third kappa shape index (κ3) is 6.82. The Hall–Kier alpha value is -5.02. The summed E-state index contributed by atoms with van der Waals surface area (Å²) in [5.74, 6) is 0.589. The summed E-state index contributed by atoms with van der Waals surface area (Å²) in [5, 5.41) is 2.73. The van der Waals surface area contributed by atoms with Crippen molar-refractivity contribution in [2.75, 3.05) is 37.2 Å². The minimum atomic E-state index is -4.21. The molecule has 16 heteroatoms. The molecule has 14 nitrogen and oxygen atoms in total. The first kappa shape index (κ1) is 28.5. The van der Waals surface area contributed by atoms with Crippen LogP contribution in [0.4, 0.5) is 16.3 Å². The summed E-state index contributed by atoms with van der Waals surface area (Å²) in [5.41, 5.74) is 0.497. The number of aromatic nitrogens is 3. The number of halogens is 1. The molecule has 218 valence electrons. The topological polar surface area (TPSA) is 169 Å². The van der Waals surface area contributed by atoms with E-state index in [1.165, 1.54) is 49.8 Å². The third-order valence-corrected chi connectivity index (χ3v) is 7.14. The first-order chi connectivity index (χ1) is 20.3. The van der Waals surface area contributed by atoms with E-state index in [1.54, 1.807) is 18.2 Å². The summed E-state index contributed by atoms with van der Waals surface area (Å²) in [7, 11) is -2.75. The summed E-state index contributed by atoms with van der Waals surface area (Å²) in [6, 6.07) is 12.0. The summed E-state index contributed by atoms with van der Waals surface area (Å²) >= 11 is 6.32. The Kier molecular flexibility index (Phi) is 8.59. The van der Waals surface area contributed by atoms with Gasteiger partial charge in [0.2, 0.25) is 12.5 Å². The standard InChI is InChI=1S/C26H22ClN5O9S/c1-36-17-2-4-19(27)21(12-17)41-23-24(32-42(34,35)18-3-5-20-22(13-18)40-15-39-20)29-14-30-25(23)37-10-11-38-26(33)31-16-6-8-28-9-7-16/h2-9,12-14H,10-11,15H2,1H3,(H,28,31,33)(H,29,30,32). The molecule has 1 aliphatic heterocycles. The molecule has 3 heterocycles. The number of pyridine rings is 1. The molecule has 5 rings (SSSR count). The number of nitrogens with one attached hydrogen (secondary N) is 2. The van der Waals surface area contributed by atoms with Crippen LogP contribution in [-0.2, 0) is 14.8 Å². The van der Waals surface area contributed by atoms with E-state index in [4.69, 9.17) is 40.0 Å². The molecule has 1 amide bonds. The van der Waals surface area contributed by atoms with Crippen LogP contribution in [-0.4, -0.2) is 56.6 Å². The van der Waals surface area contributed by atoms with Crippen molar-refractivity contribution in [2.45, 2.75) is 4.90 Å². The van der Waals surface area contributed by atoms with Gasteiger partial charge in [-0.25, -0.2) is 18.2 Å². The largest absolute Gasteiger partial charge is 0.497 e. The molecule has 0 unspecified atom stereocenters. The fourth-order valence-electron chi connectivity index (χ4n) is 3.52. The number of sulfonamides is 1. The molecular formula is C26H22ClN5O9S. The van der Waals surface area contributed by atoms with Crippen molar-refractivity contribution in [1.29, 1.82) is 0 Å². The number of benzene rings is 2. The third-order valence-electron chi connectivity index (χ3n) is 5.49. The van der Waals surface area contributed by atoms with Gasteiger partial charge in [-0.2, -0.15) is 4.98 Å². The van der Waals surface area contributed by atoms with Gasteiger partial charge >= 0.3 is 6.09 Å². The van der Waals surface area contributed by atoms with Gasteiger partial charge in [0.1, 0.15) is 31.0 Å². The van der Waals surface area contributed by atoms with Crippen molar-refractivity contribution in [2.24, 2.45) is 0 Å². The molecule has 0 radical (unpaired) electrons. The zero-order chi connectivity index (χ0) is 29.5. The second-order valence-corrected chi connectivity index (χ2v) is 10.3. The van der Waals surface area contributed by atoms with Crippen LogP contribution in [0.15, 0.2) is 72.1 Å². The number of methoxy groups -OCH3 is 1. The maximum atomic E-state index is 13.3. The second kappa shape index (κ2) is 12.7. The summed E-state index contributed by atoms with van der Waals surface area (Å²) in [4.78, 5) is 24.0. The van der Waals surface area contributed by atoms with Gasteiger partial charge in [-0.1, -0.05) is 11.6 Å². The highest BCUT2D eigenvalue weighted by Gasteiger charge is 2.25. The average Bonchev–Trinajstić information content (AvgIpc) is 3.46. The number of carbonyl (C=O) groups is 1. The molecule has 1 aliphatic rings. The molecule has 0 spiro atoms. The van der Waals surface area contributed by atoms with Crippen LogP contribution in [0.2, 0.25) is 5.02 Å². The monoisotopic (exact) mass is 615 g/mol. The average molecular weight is 616 g/mol. The highest BCUT2D eigenvalue weighted by atomic mass is 35.5. The minimum absolute atomic E-state index is 0.0206. The van der Waals surface area contributed by atoms with Gasteiger partial charge < -0.3 is 28.4 Å². The molecule has 2 N–H and O–H groups in total. The number of ether oxygens (including phenoxy) is 6. The molecule has 2 aromatic carbocycles. The van der Waals surface area contributed by atoms with Crippen molar-refractivity contribution in [3.8, 4) is 34.6 Å². The van der Waals surface area contributed by atoms with E-state index in [2.05, 4.69) is 25.0 Å². The summed E-state index contributed by atoms with van der Waals surface area (Å²) in [6.45, 7) is -0.372. The van der Waals surface area contributed by atoms with Gasteiger partial charge in [0.15, 0.2) is 17.3 Å². The van der Waals surface area contributed by atoms with Crippen LogP contribution < -0.4 is 33.7 Å². The molecule has 0 aliphatic carbocycles. The van der Waals surface area contributed by atoms with Crippen LogP contribution >= 0.6 is 11.6 Å². The normalized spacial score (nSPS) is 11.9. The van der Waals surface area contributed by atoms with E-state index in [9.17, 15) is 13.2 Å². The molecule has 0 bridgehead atoms. The van der Waals surface area contributed by atoms with Crippen LogP contribution in [0, 0.1) is 0 Å². The molecule has 4 aromatic rings. The fourth-order valence-corrected chi connectivity index (χ4v) is 4.70. The summed E-state index contributed by atoms with van der Waals surface area (Å²) < 4.78 is 61.5. The Labute approximate surface area is 244 Å². The smallest absolute Gasteiger partial charge is 0.411 e. The Morgan fingerprint density at radius 1 is 1.02 bits per heavy atom. The van der Waals surface area contributed by atoms with E-state index in [0.29, 0.717) is 17.2 Å². The number of rotatable bonds is 11. The quantitative estimate of drug-likeness (QED) is 0.227. The predicted octanol–water partition coefficient (Wildman–Crippen LogP) is 4.48. The molecule has 0 fully saturated rings. The lowest BCUT2D eigenvalue weighted by Gasteiger charge is -2.17. The Morgan fingerprint density at radius 2 is 1.83 bits per heavy atom. The minimum Gasteiger partial charge on any atom is -0.497 e. The Bertz CT molecular complexity index is 1690. The molecule has 0 saturated heterocycles. The van der Waals surface area contributed by atoms with E-state index in [0.717, 1.165) is 6.33 Å². The van der Waals surface area contributed by atoms with E-state index >= 15 is 0 Å². The fraction of sp³-hybridized carbons (Fsp3) is 0.154. The Morgan fingerprint density at radius 3 is 2.64 bits per heavy atom. The van der Waals surface area contributed by atoms with Gasteiger partial charge in [-0.3, -0.25) is 15.0 Å². The lowest BCUT2D eigenvalue weighted by atomic mass is 10.3. The number of anilines is 2. The molecule has 0 atom stereocenters. The number of fused-ring (bicyclic) bond motifs is 1. The van der Waals surface area contributed by atoms with Crippen molar-refractivity contribution in [3.05, 3.63) is 72.3 Å². The van der Waals surface area contributed by atoms with Crippen molar-refractivity contribution < 1.29 is 41.6 Å². The number of nitrogens with zero attached hydrogens (tertiary/aromatic N) is 3. The van der Waals surface area contributed by atoms with Gasteiger partial charge in [0.05, 0.1) is 17.0 Å². The van der Waals surface area contributed by atoms with Crippen LogP contribution in [0.3, 0.4) is 0 Å². The first-order valence-corrected chi connectivity index (χ1v) is 13.9. The predicted molar refractivity (Wildman–Crippen MR) is 148 cm³/mol. The number of carbonyl (C=O) groups excluding carboxylic acids is 1. The Balaban J connectivity index is 1.37. The number of hydrogen-bond donors (Lipinski definition) is 2. The van der Waals surface area contributed by atoms with Gasteiger partial charge in [0.25, 0.3) is 15.9 Å². The lowest BCUT2D eigenvalue weighted by Crippen LogP contribution is -2.18. The van der Waals surface area contributed by atoms with E-state index in [1.807, 2.05) is 0 Å². The zero-order valence-corrected chi connectivity index (χ0v) is 23.3. The zero-order valence-electron chi connectivity index (χ0n) is 21.8. The molecule has 0 saturated carbocycles. The number of amides is 1. The molecule has 2 aromatic heterocycles.